The Hall–Kier alpha value is -3.16. The molecule has 1 aliphatic heterocycles. The highest BCUT2D eigenvalue weighted by atomic mass is 32.1. The van der Waals surface area contributed by atoms with Crippen LogP contribution >= 0.6 is 11.3 Å². The third-order valence-electron chi connectivity index (χ3n) is 5.07. The zero-order valence-electron chi connectivity index (χ0n) is 14.9. The van der Waals surface area contributed by atoms with E-state index in [0.717, 1.165) is 22.2 Å². The molecule has 3 aromatic rings. The van der Waals surface area contributed by atoms with Crippen molar-refractivity contribution >= 4 is 33.1 Å². The van der Waals surface area contributed by atoms with Gasteiger partial charge in [-0.05, 0) is 30.5 Å². The van der Waals surface area contributed by atoms with Crippen molar-refractivity contribution in [1.29, 1.82) is 0 Å². The summed E-state index contributed by atoms with van der Waals surface area (Å²) in [4.78, 5) is 18.8. The summed E-state index contributed by atoms with van der Waals surface area (Å²) in [6.07, 6.45) is 0. The summed E-state index contributed by atoms with van der Waals surface area (Å²) in [5.41, 5.74) is 17.6. The molecule has 1 aliphatic rings. The van der Waals surface area contributed by atoms with Gasteiger partial charge in [0, 0.05) is 23.4 Å². The number of azide groups is 1. The maximum atomic E-state index is 13.0. The number of hydrogen-bond acceptors (Lipinski definition) is 6. The molecular weight excluding hydrogens is 362 g/mol. The zero-order valence-corrected chi connectivity index (χ0v) is 15.7. The molecule has 0 atom stereocenters. The van der Waals surface area contributed by atoms with Crippen molar-refractivity contribution < 1.29 is 4.79 Å². The van der Waals surface area contributed by atoms with Crippen LogP contribution < -0.4 is 5.73 Å². The minimum absolute atomic E-state index is 0.174. The summed E-state index contributed by atoms with van der Waals surface area (Å²) in [5.74, 6) is -0.174. The molecule has 27 heavy (non-hydrogen) atoms. The van der Waals surface area contributed by atoms with E-state index >= 15 is 0 Å². The molecule has 0 radical (unpaired) electrons. The van der Waals surface area contributed by atoms with E-state index in [1.807, 2.05) is 44.2 Å². The number of thiophene rings is 1. The monoisotopic (exact) mass is 379 g/mol. The van der Waals surface area contributed by atoms with Crippen LogP contribution in [0.3, 0.4) is 0 Å². The van der Waals surface area contributed by atoms with Crippen molar-refractivity contribution in [2.24, 2.45) is 5.11 Å². The van der Waals surface area contributed by atoms with E-state index in [-0.39, 0.29) is 5.91 Å². The number of carbonyl (C=O) groups excluding carboxylic acids is 1. The summed E-state index contributed by atoms with van der Waals surface area (Å²) in [5, 5.41) is 13.1. The lowest BCUT2D eigenvalue weighted by atomic mass is 9.83. The molecule has 0 saturated carbocycles. The summed E-state index contributed by atoms with van der Waals surface area (Å²) >= 11 is 1.25. The van der Waals surface area contributed by atoms with Gasteiger partial charge in [-0.3, -0.25) is 4.79 Å². The molecule has 1 fully saturated rings. The van der Waals surface area contributed by atoms with Gasteiger partial charge in [-0.2, -0.15) is 5.10 Å². The van der Waals surface area contributed by atoms with Crippen LogP contribution in [0.2, 0.25) is 0 Å². The largest absolute Gasteiger partial charge is 0.397 e. The average molecular weight is 379 g/mol. The van der Waals surface area contributed by atoms with Gasteiger partial charge in [0.15, 0.2) is 0 Å². The van der Waals surface area contributed by atoms with Crippen LogP contribution in [0.4, 0.5) is 5.69 Å². The first-order chi connectivity index (χ1) is 13.0. The summed E-state index contributed by atoms with van der Waals surface area (Å²) in [7, 11) is 0. The fourth-order valence-corrected chi connectivity index (χ4v) is 4.48. The lowest BCUT2D eigenvalue weighted by molar-refractivity contribution is 0.0410. The SMILES string of the molecule is Cc1nnc2sc(C(=O)N3CC(N=[N+]=[N-])(c4ccccc4)C3)c(N)c2c1C. The van der Waals surface area contributed by atoms with Crippen LogP contribution in [0.5, 0.6) is 0 Å². The Balaban J connectivity index is 1.66. The molecule has 0 unspecified atom stereocenters. The van der Waals surface area contributed by atoms with E-state index < -0.39 is 5.54 Å². The third kappa shape index (κ3) is 2.59. The maximum Gasteiger partial charge on any atom is 0.266 e. The van der Waals surface area contributed by atoms with Gasteiger partial charge in [-0.1, -0.05) is 35.4 Å². The molecule has 0 bridgehead atoms. The van der Waals surface area contributed by atoms with Gasteiger partial charge >= 0.3 is 0 Å². The van der Waals surface area contributed by atoms with Crippen LogP contribution in [0.25, 0.3) is 20.7 Å². The van der Waals surface area contributed by atoms with E-state index in [1.54, 1.807) is 4.90 Å². The smallest absolute Gasteiger partial charge is 0.266 e. The number of nitrogens with zero attached hydrogens (tertiary/aromatic N) is 6. The molecule has 2 aromatic heterocycles. The second-order valence-corrected chi connectivity index (χ2v) is 7.68. The molecule has 136 valence electrons. The number of nitrogen functional groups attached to an aromatic ring is 1. The van der Waals surface area contributed by atoms with Crippen molar-refractivity contribution in [2.75, 3.05) is 18.8 Å². The fourth-order valence-electron chi connectivity index (χ4n) is 3.41. The minimum atomic E-state index is -0.733. The topological polar surface area (TPSA) is 121 Å². The van der Waals surface area contributed by atoms with Crippen LogP contribution in [-0.4, -0.2) is 34.1 Å². The molecule has 3 heterocycles. The molecule has 8 nitrogen and oxygen atoms in total. The molecule has 1 amide bonds. The quantitative estimate of drug-likeness (QED) is 0.425. The second kappa shape index (κ2) is 6.22. The number of aromatic nitrogens is 2. The first-order valence-corrected chi connectivity index (χ1v) is 9.21. The average Bonchev–Trinajstić information content (AvgIpc) is 2.98. The van der Waals surface area contributed by atoms with Crippen molar-refractivity contribution in [3.8, 4) is 0 Å². The van der Waals surface area contributed by atoms with Crippen LogP contribution in [-0.2, 0) is 5.54 Å². The first kappa shape index (κ1) is 17.3. The van der Waals surface area contributed by atoms with Gasteiger partial charge in [0.2, 0.25) is 0 Å². The standard InChI is InChI=1S/C18H17N7OS/c1-10-11(2)21-22-16-13(10)14(19)15(27-16)17(26)25-8-18(9-25,23-24-20)12-6-4-3-5-7-12/h3-7H,8-9,19H2,1-2H3. The number of amides is 1. The van der Waals surface area contributed by atoms with E-state index in [1.165, 1.54) is 11.3 Å². The highest BCUT2D eigenvalue weighted by Crippen LogP contribution is 2.40. The molecule has 1 aromatic carbocycles. The Morgan fingerprint density at radius 3 is 2.67 bits per heavy atom. The first-order valence-electron chi connectivity index (χ1n) is 8.40. The van der Waals surface area contributed by atoms with Crippen molar-refractivity contribution in [3.05, 3.63) is 62.5 Å². The van der Waals surface area contributed by atoms with E-state index in [9.17, 15) is 4.79 Å². The summed E-state index contributed by atoms with van der Waals surface area (Å²) < 4.78 is 0. The summed E-state index contributed by atoms with van der Waals surface area (Å²) in [6.45, 7) is 4.42. The molecule has 0 aliphatic carbocycles. The lowest BCUT2D eigenvalue weighted by Gasteiger charge is -2.47. The van der Waals surface area contributed by atoms with Crippen molar-refractivity contribution in [2.45, 2.75) is 19.4 Å². The maximum absolute atomic E-state index is 13.0. The second-order valence-electron chi connectivity index (χ2n) is 6.68. The Morgan fingerprint density at radius 1 is 1.30 bits per heavy atom. The van der Waals surface area contributed by atoms with Gasteiger partial charge in [0.1, 0.15) is 15.2 Å². The Labute approximate surface area is 159 Å². The van der Waals surface area contributed by atoms with Gasteiger partial charge in [0.05, 0.1) is 11.4 Å². The number of likely N-dealkylation sites (tertiary alicyclic amines) is 1. The van der Waals surface area contributed by atoms with E-state index in [0.29, 0.717) is 28.5 Å². The molecule has 4 rings (SSSR count). The normalized spacial score (nSPS) is 15.3. The lowest BCUT2D eigenvalue weighted by Crippen LogP contribution is -2.60. The minimum Gasteiger partial charge on any atom is -0.397 e. The highest BCUT2D eigenvalue weighted by molar-refractivity contribution is 7.21. The van der Waals surface area contributed by atoms with Gasteiger partial charge in [0.25, 0.3) is 5.91 Å². The molecule has 1 saturated heterocycles. The number of benzene rings is 1. The van der Waals surface area contributed by atoms with Gasteiger partial charge < -0.3 is 10.6 Å². The van der Waals surface area contributed by atoms with Gasteiger partial charge in [-0.25, -0.2) is 0 Å². The number of anilines is 1. The van der Waals surface area contributed by atoms with Crippen LogP contribution in [0.15, 0.2) is 35.4 Å². The number of hydrogen-bond donors (Lipinski definition) is 1. The Bertz CT molecular complexity index is 1100. The third-order valence-corrected chi connectivity index (χ3v) is 6.15. The predicted octanol–water partition coefficient (Wildman–Crippen LogP) is 3.55. The van der Waals surface area contributed by atoms with Crippen LogP contribution in [0, 0.1) is 13.8 Å². The molecular formula is C18H17N7OS. The van der Waals surface area contributed by atoms with E-state index in [2.05, 4.69) is 20.2 Å². The number of carbonyl (C=O) groups is 1. The van der Waals surface area contributed by atoms with Crippen LogP contribution in [0.1, 0.15) is 26.5 Å². The van der Waals surface area contributed by atoms with Gasteiger partial charge in [-0.15, -0.1) is 16.4 Å². The molecule has 9 heteroatoms. The van der Waals surface area contributed by atoms with Crippen molar-refractivity contribution in [3.63, 3.8) is 0 Å². The number of aryl methyl sites for hydroxylation is 2. The molecule has 0 spiro atoms. The predicted molar refractivity (Wildman–Crippen MR) is 104 cm³/mol. The zero-order chi connectivity index (χ0) is 19.2. The highest BCUT2D eigenvalue weighted by Gasteiger charge is 2.47. The summed E-state index contributed by atoms with van der Waals surface area (Å²) in [6, 6.07) is 9.50. The number of nitrogens with two attached hydrogens (primary N) is 1. The van der Waals surface area contributed by atoms with E-state index in [4.69, 9.17) is 11.3 Å². The number of fused-ring (bicyclic) bond motifs is 1. The fraction of sp³-hybridized carbons (Fsp3) is 0.278. The molecule has 2 N–H and O–H groups in total. The number of rotatable bonds is 3. The van der Waals surface area contributed by atoms with Crippen molar-refractivity contribution in [1.82, 2.24) is 15.1 Å². The Kier molecular flexibility index (Phi) is 3.98. The Morgan fingerprint density at radius 2 is 2.00 bits per heavy atom.